The summed E-state index contributed by atoms with van der Waals surface area (Å²) in [5, 5.41) is 43.6. The van der Waals surface area contributed by atoms with E-state index in [1.54, 1.807) is 0 Å². The minimum Gasteiger partial charge on any atom is -0.481 e. The third-order valence-electron chi connectivity index (χ3n) is 2.32. The molecule has 20 heavy (non-hydrogen) atoms. The van der Waals surface area contributed by atoms with Crippen LogP contribution in [0, 0.1) is 11.3 Å². The van der Waals surface area contributed by atoms with E-state index in [4.69, 9.17) is 25.5 Å². The fourth-order valence-corrected chi connectivity index (χ4v) is 1.36. The third kappa shape index (κ3) is 3.10. The number of aliphatic carboxylic acids is 5. The zero-order valence-electron chi connectivity index (χ0n) is 9.56. The maximum Gasteiger partial charge on any atom is 0.334 e. The Hall–Kier alpha value is -2.04. The quantitative estimate of drug-likeness (QED) is 0.173. The average molecular weight is 455 g/mol. The largest absolute Gasteiger partial charge is 0.481 e. The van der Waals surface area contributed by atoms with Crippen molar-refractivity contribution in [2.75, 3.05) is 0 Å². The van der Waals surface area contributed by atoms with Crippen molar-refractivity contribution in [2.45, 2.75) is 0 Å². The summed E-state index contributed by atoms with van der Waals surface area (Å²) in [7, 11) is 0. The first-order chi connectivity index (χ1) is 8.51. The van der Waals surface area contributed by atoms with Crippen LogP contribution in [0.4, 0.5) is 0 Å². The molecule has 5 N–H and O–H groups in total. The van der Waals surface area contributed by atoms with Crippen LogP contribution in [0.2, 0.25) is 0 Å². The maximum absolute atomic E-state index is 10.9. The number of hydrogen-bond acceptors (Lipinski definition) is 5. The average Bonchev–Trinajstić information content (AvgIpc) is 2.21. The van der Waals surface area contributed by atoms with Crippen LogP contribution in [0.25, 0.3) is 0 Å². The molecule has 0 aliphatic rings. The summed E-state index contributed by atoms with van der Waals surface area (Å²) in [6.45, 7) is 2.72. The minimum atomic E-state index is -3.89. The molecule has 11 heteroatoms. The minimum absolute atomic E-state index is 0. The second-order valence-electron chi connectivity index (χ2n) is 3.33. The molecule has 0 bridgehead atoms. The van der Waals surface area contributed by atoms with E-state index < -0.39 is 46.8 Å². The Morgan fingerprint density at radius 3 is 1.25 bits per heavy atom. The predicted octanol–water partition coefficient (Wildman–Crippen LogP) is -1.43. The van der Waals surface area contributed by atoms with Gasteiger partial charge >= 0.3 is 29.8 Å². The maximum atomic E-state index is 10.9. The van der Waals surface area contributed by atoms with Crippen molar-refractivity contribution in [3.8, 4) is 0 Å². The first-order valence-corrected chi connectivity index (χ1v) is 4.36. The fraction of sp³-hybridized carbons (Fsp3) is 0.222. The molecular weight excluding hydrogens is 447 g/mol. The van der Waals surface area contributed by atoms with Crippen LogP contribution < -0.4 is 0 Å². The second kappa shape index (κ2) is 6.93. The Kier molecular flexibility index (Phi) is 7.03. The van der Waals surface area contributed by atoms with E-state index >= 15 is 0 Å². The molecule has 0 aromatic rings. The summed E-state index contributed by atoms with van der Waals surface area (Å²) in [5.74, 6) is -14.7. The summed E-state index contributed by atoms with van der Waals surface area (Å²) >= 11 is 0. The summed E-state index contributed by atoms with van der Waals surface area (Å²) < 4.78 is 0. The fourth-order valence-electron chi connectivity index (χ4n) is 1.36. The van der Waals surface area contributed by atoms with Gasteiger partial charge in [-0.3, -0.25) is 19.2 Å². The smallest absolute Gasteiger partial charge is 0.334 e. The van der Waals surface area contributed by atoms with Crippen molar-refractivity contribution >= 4 is 29.8 Å². The molecule has 0 amide bonds. The van der Waals surface area contributed by atoms with Gasteiger partial charge in [0, 0.05) is 31.4 Å². The molecule has 0 aliphatic heterocycles. The van der Waals surface area contributed by atoms with E-state index in [2.05, 4.69) is 6.58 Å². The van der Waals surface area contributed by atoms with Crippen LogP contribution in [0.1, 0.15) is 0 Å². The van der Waals surface area contributed by atoms with Gasteiger partial charge in [0.25, 0.3) is 5.41 Å². The number of carbonyl (C=O) groups is 5. The molecule has 0 rings (SSSR count). The van der Waals surface area contributed by atoms with Gasteiger partial charge in [-0.05, 0) is 0 Å². The molecule has 0 spiro atoms. The second-order valence-corrected chi connectivity index (χ2v) is 3.33. The molecule has 108 valence electrons. The molecule has 0 fully saturated rings. The Morgan fingerprint density at radius 2 is 1.10 bits per heavy atom. The van der Waals surface area contributed by atoms with Gasteiger partial charge in [0.05, 0.1) is 0 Å². The number of rotatable bonds is 7. The van der Waals surface area contributed by atoms with Crippen molar-refractivity contribution in [1.29, 1.82) is 0 Å². The van der Waals surface area contributed by atoms with E-state index in [-0.39, 0.29) is 25.8 Å². The van der Waals surface area contributed by atoms with Gasteiger partial charge in [-0.1, -0.05) is 6.58 Å². The van der Waals surface area contributed by atoms with Gasteiger partial charge in [0.1, 0.15) is 5.92 Å². The third-order valence-corrected chi connectivity index (χ3v) is 2.32. The first kappa shape index (κ1) is 20.3. The summed E-state index contributed by atoms with van der Waals surface area (Å²) in [6.07, 6.45) is 0. The molecule has 0 radical (unpaired) electrons. The standard InChI is InChI=1S/C9H8O10.Hf/c1-2(4(10)11)3(5(12)13)9(6(14)15,7(16)17)8(18)19;/h3H,1H2,(H,10,11)(H,12,13)(H,14,15)(H,16,17)(H,18,19);. The molecule has 0 aromatic carbocycles. The van der Waals surface area contributed by atoms with Crippen molar-refractivity contribution in [2.24, 2.45) is 11.3 Å². The van der Waals surface area contributed by atoms with Crippen LogP contribution >= 0.6 is 0 Å². The van der Waals surface area contributed by atoms with E-state index in [9.17, 15) is 24.0 Å². The SMILES string of the molecule is C=C(C(=O)O)C(C(=O)O)C(C(=O)O)(C(=O)O)C(=O)O.[Hf]. The molecule has 0 aromatic heterocycles. The number of hydrogen-bond donors (Lipinski definition) is 5. The van der Waals surface area contributed by atoms with Gasteiger partial charge in [-0.15, -0.1) is 0 Å². The zero-order valence-corrected chi connectivity index (χ0v) is 13.2. The van der Waals surface area contributed by atoms with Crippen LogP contribution in [0.3, 0.4) is 0 Å². The van der Waals surface area contributed by atoms with Crippen molar-refractivity contribution in [3.05, 3.63) is 12.2 Å². The van der Waals surface area contributed by atoms with Gasteiger partial charge in [-0.25, -0.2) is 4.79 Å². The van der Waals surface area contributed by atoms with E-state index in [0.29, 0.717) is 0 Å². The van der Waals surface area contributed by atoms with Gasteiger partial charge in [0.15, 0.2) is 0 Å². The van der Waals surface area contributed by atoms with Crippen LogP contribution in [-0.2, 0) is 49.8 Å². The van der Waals surface area contributed by atoms with Gasteiger partial charge in [0.2, 0.25) is 0 Å². The molecule has 0 saturated carbocycles. The summed E-state index contributed by atoms with van der Waals surface area (Å²) in [4.78, 5) is 54.3. The molecule has 10 nitrogen and oxygen atoms in total. The van der Waals surface area contributed by atoms with Gasteiger partial charge in [-0.2, -0.15) is 0 Å². The summed E-state index contributed by atoms with van der Waals surface area (Å²) in [6, 6.07) is 0. The Balaban J connectivity index is 0. The Labute approximate surface area is 129 Å². The molecular formula is C9H8HfO10. The normalized spacial score (nSPS) is 11.6. The zero-order chi connectivity index (χ0) is 15.5. The van der Waals surface area contributed by atoms with Gasteiger partial charge < -0.3 is 25.5 Å². The van der Waals surface area contributed by atoms with Crippen molar-refractivity contribution in [1.82, 2.24) is 0 Å². The molecule has 1 atom stereocenters. The molecule has 0 aliphatic carbocycles. The Bertz CT molecular complexity index is 457. The monoisotopic (exact) mass is 456 g/mol. The molecule has 0 heterocycles. The van der Waals surface area contributed by atoms with E-state index in [0.717, 1.165) is 0 Å². The predicted molar refractivity (Wildman–Crippen MR) is 53.2 cm³/mol. The topological polar surface area (TPSA) is 186 Å². The van der Waals surface area contributed by atoms with E-state index in [1.165, 1.54) is 0 Å². The van der Waals surface area contributed by atoms with Crippen molar-refractivity contribution in [3.63, 3.8) is 0 Å². The molecule has 0 saturated heterocycles. The van der Waals surface area contributed by atoms with Crippen LogP contribution in [0.15, 0.2) is 12.2 Å². The summed E-state index contributed by atoms with van der Waals surface area (Å²) in [5.41, 5.74) is -5.26. The number of carboxylic acid groups (broad SMARTS) is 5. The van der Waals surface area contributed by atoms with Crippen LogP contribution in [0.5, 0.6) is 0 Å². The van der Waals surface area contributed by atoms with Crippen molar-refractivity contribution < 1.29 is 75.3 Å². The first-order valence-electron chi connectivity index (χ1n) is 4.36. The molecule has 1 unspecified atom stereocenters. The Morgan fingerprint density at radius 1 is 0.800 bits per heavy atom. The van der Waals surface area contributed by atoms with Crippen LogP contribution in [-0.4, -0.2) is 55.4 Å². The van der Waals surface area contributed by atoms with E-state index in [1.807, 2.05) is 0 Å². The number of carboxylic acids is 5.